The molecular weight excluding hydrogens is 268 g/mol. The maximum absolute atomic E-state index is 12.5. The van der Waals surface area contributed by atoms with Gasteiger partial charge in [-0.2, -0.15) is 0 Å². The second-order valence-electron chi connectivity index (χ2n) is 4.87. The first kappa shape index (κ1) is 15.4. The number of amides is 1. The summed E-state index contributed by atoms with van der Waals surface area (Å²) in [4.78, 5) is 14.3. The molecule has 1 amide bonds. The molecule has 0 spiro atoms. The van der Waals surface area contributed by atoms with Crippen LogP contribution < -0.4 is 10.5 Å². The summed E-state index contributed by atoms with van der Waals surface area (Å²) in [6.45, 7) is 0.581. The van der Waals surface area contributed by atoms with E-state index in [1.165, 1.54) is 0 Å². The number of ether oxygens (including phenoxy) is 1. The van der Waals surface area contributed by atoms with Crippen molar-refractivity contribution in [3.05, 3.63) is 29.3 Å². The molecule has 3 N–H and O–H groups in total. The number of aliphatic hydroxyl groups is 1. The Morgan fingerprint density at radius 3 is 2.86 bits per heavy atom. The van der Waals surface area contributed by atoms with Crippen LogP contribution >= 0.6 is 0 Å². The van der Waals surface area contributed by atoms with Crippen molar-refractivity contribution in [2.24, 2.45) is 5.73 Å². The highest BCUT2D eigenvalue weighted by molar-refractivity contribution is 5.95. The number of nitrogens with two attached hydrogens (primary N) is 1. The number of benzene rings is 1. The molecule has 1 aliphatic rings. The van der Waals surface area contributed by atoms with E-state index >= 15 is 0 Å². The molecule has 112 valence electrons. The zero-order valence-electron chi connectivity index (χ0n) is 12.1. The lowest BCUT2D eigenvalue weighted by molar-refractivity contribution is 0.0707. The maximum Gasteiger partial charge on any atom is 0.254 e. The number of rotatable bonds is 5. The summed E-state index contributed by atoms with van der Waals surface area (Å²) in [5.41, 5.74) is 6.58. The lowest BCUT2D eigenvalue weighted by Crippen LogP contribution is -2.35. The Hall–Kier alpha value is -2.03. The zero-order valence-corrected chi connectivity index (χ0v) is 12.1. The van der Waals surface area contributed by atoms with Gasteiger partial charge in [-0.15, -0.1) is 0 Å². The fourth-order valence-electron chi connectivity index (χ4n) is 2.19. The summed E-state index contributed by atoms with van der Waals surface area (Å²) >= 11 is 0. The smallest absolute Gasteiger partial charge is 0.254 e. The van der Waals surface area contributed by atoms with Gasteiger partial charge >= 0.3 is 0 Å². The molecule has 0 atom stereocenters. The van der Waals surface area contributed by atoms with E-state index in [-0.39, 0.29) is 25.1 Å². The number of carbonyl (C=O) groups excluding carboxylic acids is 1. The highest BCUT2D eigenvalue weighted by Crippen LogP contribution is 2.29. The Balaban J connectivity index is 2.28. The van der Waals surface area contributed by atoms with Crippen molar-refractivity contribution in [2.75, 3.05) is 26.8 Å². The lowest BCUT2D eigenvalue weighted by Gasteiger charge is -2.21. The summed E-state index contributed by atoms with van der Waals surface area (Å²) < 4.78 is 5.24. The van der Waals surface area contributed by atoms with Gasteiger partial charge in [0, 0.05) is 18.2 Å². The van der Waals surface area contributed by atoms with E-state index < -0.39 is 0 Å². The van der Waals surface area contributed by atoms with Crippen molar-refractivity contribution in [1.82, 2.24) is 4.90 Å². The summed E-state index contributed by atoms with van der Waals surface area (Å²) in [6.07, 6.45) is 2.00. The van der Waals surface area contributed by atoms with Crippen LogP contribution in [0.4, 0.5) is 0 Å². The minimum Gasteiger partial charge on any atom is -0.495 e. The summed E-state index contributed by atoms with van der Waals surface area (Å²) in [5.74, 6) is 6.22. The molecule has 21 heavy (non-hydrogen) atoms. The molecule has 5 heteroatoms. The van der Waals surface area contributed by atoms with E-state index in [2.05, 4.69) is 11.8 Å². The van der Waals surface area contributed by atoms with Crippen molar-refractivity contribution >= 4 is 5.91 Å². The average Bonchev–Trinajstić information content (AvgIpc) is 3.34. The first-order valence-corrected chi connectivity index (χ1v) is 7.00. The first-order valence-electron chi connectivity index (χ1n) is 7.00. The van der Waals surface area contributed by atoms with Crippen LogP contribution in [0.1, 0.15) is 28.8 Å². The first-order chi connectivity index (χ1) is 10.2. The standard InChI is InChI=1S/C16H20N2O3/c1-21-15-7-4-13(11-12(15)3-2-8-17)16(20)18(9-10-19)14-5-6-14/h4,7,11,14,19H,5-6,8-10,17H2,1H3. The van der Waals surface area contributed by atoms with Crippen molar-refractivity contribution < 1.29 is 14.6 Å². The van der Waals surface area contributed by atoms with Gasteiger partial charge in [0.15, 0.2) is 0 Å². The van der Waals surface area contributed by atoms with Crippen LogP contribution in [0.5, 0.6) is 5.75 Å². The molecule has 2 rings (SSSR count). The van der Waals surface area contributed by atoms with Crippen LogP contribution in [0.25, 0.3) is 0 Å². The Bertz CT molecular complexity index is 571. The second-order valence-corrected chi connectivity index (χ2v) is 4.87. The van der Waals surface area contributed by atoms with E-state index in [9.17, 15) is 4.79 Å². The molecule has 0 radical (unpaired) electrons. The molecule has 1 fully saturated rings. The zero-order chi connectivity index (χ0) is 15.2. The number of hydrogen-bond acceptors (Lipinski definition) is 4. The fourth-order valence-corrected chi connectivity index (χ4v) is 2.19. The quantitative estimate of drug-likeness (QED) is 0.778. The number of aliphatic hydroxyl groups excluding tert-OH is 1. The van der Waals surface area contributed by atoms with Gasteiger partial charge in [0.2, 0.25) is 0 Å². The van der Waals surface area contributed by atoms with E-state index in [4.69, 9.17) is 15.6 Å². The van der Waals surface area contributed by atoms with Crippen molar-refractivity contribution in [1.29, 1.82) is 0 Å². The molecule has 1 aromatic rings. The van der Waals surface area contributed by atoms with Crippen LogP contribution in [0.2, 0.25) is 0 Å². The van der Waals surface area contributed by atoms with Gasteiger partial charge in [-0.3, -0.25) is 4.79 Å². The molecule has 0 aromatic heterocycles. The van der Waals surface area contributed by atoms with Gasteiger partial charge in [0.05, 0.1) is 25.8 Å². The van der Waals surface area contributed by atoms with E-state index in [0.717, 1.165) is 12.8 Å². The molecule has 1 aliphatic carbocycles. The monoisotopic (exact) mass is 288 g/mol. The number of carbonyl (C=O) groups is 1. The topological polar surface area (TPSA) is 75.8 Å². The van der Waals surface area contributed by atoms with Crippen LogP contribution in [0.15, 0.2) is 18.2 Å². The highest BCUT2D eigenvalue weighted by Gasteiger charge is 2.32. The SMILES string of the molecule is COc1ccc(C(=O)N(CCO)C2CC2)cc1C#CCN. The minimum absolute atomic E-state index is 0.0295. The summed E-state index contributed by atoms with van der Waals surface area (Å²) in [5, 5.41) is 9.11. The van der Waals surface area contributed by atoms with E-state index in [1.54, 1.807) is 30.2 Å². The van der Waals surface area contributed by atoms with Crippen molar-refractivity contribution in [3.63, 3.8) is 0 Å². The van der Waals surface area contributed by atoms with E-state index in [0.29, 0.717) is 23.4 Å². The third-order valence-electron chi connectivity index (χ3n) is 3.36. The summed E-state index contributed by atoms with van der Waals surface area (Å²) in [7, 11) is 1.56. The third kappa shape index (κ3) is 3.75. The largest absolute Gasteiger partial charge is 0.495 e. The normalized spacial score (nSPS) is 13.3. The summed E-state index contributed by atoms with van der Waals surface area (Å²) in [6, 6.07) is 5.43. The molecule has 1 aromatic carbocycles. The Kier molecular flexibility index (Phi) is 5.20. The second kappa shape index (κ2) is 7.11. The maximum atomic E-state index is 12.5. The number of nitrogens with zero attached hydrogens (tertiary/aromatic N) is 1. The van der Waals surface area contributed by atoms with Crippen LogP contribution in [0, 0.1) is 11.8 Å². The predicted octanol–water partition coefficient (Wildman–Crippen LogP) is 0.602. The van der Waals surface area contributed by atoms with Crippen LogP contribution in [-0.4, -0.2) is 48.8 Å². The van der Waals surface area contributed by atoms with Gasteiger partial charge in [-0.25, -0.2) is 0 Å². The molecule has 0 aliphatic heterocycles. The molecular formula is C16H20N2O3. The molecule has 1 saturated carbocycles. The Labute approximate surface area is 124 Å². The predicted molar refractivity (Wildman–Crippen MR) is 80.1 cm³/mol. The third-order valence-corrected chi connectivity index (χ3v) is 3.36. The lowest BCUT2D eigenvalue weighted by atomic mass is 10.1. The molecule has 5 nitrogen and oxygen atoms in total. The average molecular weight is 288 g/mol. The number of methoxy groups -OCH3 is 1. The highest BCUT2D eigenvalue weighted by atomic mass is 16.5. The van der Waals surface area contributed by atoms with E-state index in [1.807, 2.05) is 0 Å². The molecule has 0 unspecified atom stereocenters. The van der Waals surface area contributed by atoms with Crippen molar-refractivity contribution in [3.8, 4) is 17.6 Å². The number of hydrogen-bond donors (Lipinski definition) is 2. The molecule has 0 saturated heterocycles. The minimum atomic E-state index is -0.0787. The van der Waals surface area contributed by atoms with Gasteiger partial charge in [0.25, 0.3) is 5.91 Å². The fraction of sp³-hybridized carbons (Fsp3) is 0.438. The van der Waals surface area contributed by atoms with Gasteiger partial charge in [-0.1, -0.05) is 11.8 Å². The van der Waals surface area contributed by atoms with Gasteiger partial charge < -0.3 is 20.5 Å². The van der Waals surface area contributed by atoms with Gasteiger partial charge in [-0.05, 0) is 31.0 Å². The Morgan fingerprint density at radius 2 is 2.29 bits per heavy atom. The van der Waals surface area contributed by atoms with Crippen LogP contribution in [-0.2, 0) is 0 Å². The van der Waals surface area contributed by atoms with Gasteiger partial charge in [0.1, 0.15) is 5.75 Å². The molecule has 0 bridgehead atoms. The van der Waals surface area contributed by atoms with Crippen LogP contribution in [0.3, 0.4) is 0 Å². The van der Waals surface area contributed by atoms with Crippen molar-refractivity contribution in [2.45, 2.75) is 18.9 Å². The Morgan fingerprint density at radius 1 is 1.52 bits per heavy atom. The molecule has 0 heterocycles.